The van der Waals surface area contributed by atoms with Crippen LogP contribution < -0.4 is 0 Å². The van der Waals surface area contributed by atoms with Crippen LogP contribution in [0, 0.1) is 0 Å². The number of hydrogen-bond acceptors (Lipinski definition) is 2. The Morgan fingerprint density at radius 3 is 2.75 bits per heavy atom. The molecule has 2 aromatic heterocycles. The zero-order chi connectivity index (χ0) is 11.5. The molecule has 0 saturated heterocycles. The Balaban J connectivity index is 2.23. The number of hydrogen-bond donors (Lipinski definition) is 0. The summed E-state index contributed by atoms with van der Waals surface area (Å²) >= 11 is 11.5. The molecule has 0 N–H and O–H groups in total. The highest BCUT2D eigenvalue weighted by atomic mass is 79.9. The molecule has 2 heterocycles. The van der Waals surface area contributed by atoms with Crippen LogP contribution in [0.5, 0.6) is 0 Å². The molecule has 0 aliphatic rings. The van der Waals surface area contributed by atoms with Crippen molar-refractivity contribution >= 4 is 38.9 Å². The quantitative estimate of drug-likeness (QED) is 0.723. The van der Waals surface area contributed by atoms with E-state index in [1.165, 1.54) is 4.88 Å². The van der Waals surface area contributed by atoms with Crippen molar-refractivity contribution in [3.05, 3.63) is 51.4 Å². The molecular weight excluding hydrogens is 306 g/mol. The van der Waals surface area contributed by atoms with Crippen molar-refractivity contribution < 1.29 is 0 Å². The van der Waals surface area contributed by atoms with Gasteiger partial charge in [-0.05, 0) is 23.6 Å². The maximum atomic E-state index is 6.13. The number of pyridine rings is 1. The summed E-state index contributed by atoms with van der Waals surface area (Å²) in [5.74, 6) is 0.303. The minimum Gasteiger partial charge on any atom is -0.261 e. The van der Waals surface area contributed by atoms with E-state index in [2.05, 4.69) is 27.8 Å². The van der Waals surface area contributed by atoms with Crippen LogP contribution in [0.3, 0.4) is 0 Å². The fourth-order valence-electron chi connectivity index (χ4n) is 1.52. The third-order valence-corrected chi connectivity index (χ3v) is 5.48. The molecule has 0 radical (unpaired) electrons. The fourth-order valence-corrected chi connectivity index (χ4v) is 3.75. The van der Waals surface area contributed by atoms with Crippen molar-refractivity contribution in [1.29, 1.82) is 0 Å². The van der Waals surface area contributed by atoms with Crippen molar-refractivity contribution in [3.63, 3.8) is 0 Å². The summed E-state index contributed by atoms with van der Waals surface area (Å²) in [6.07, 6.45) is 1.82. The SMILES string of the molecule is CC(c1ccccn1)C(Br)c1sccc1Cl. The van der Waals surface area contributed by atoms with Gasteiger partial charge in [0.2, 0.25) is 0 Å². The lowest BCUT2D eigenvalue weighted by molar-refractivity contribution is 0.733. The highest BCUT2D eigenvalue weighted by Crippen LogP contribution is 2.42. The van der Waals surface area contributed by atoms with E-state index in [9.17, 15) is 0 Å². The molecule has 0 saturated carbocycles. The summed E-state index contributed by atoms with van der Waals surface area (Å²) in [6.45, 7) is 2.15. The molecule has 4 heteroatoms. The van der Waals surface area contributed by atoms with Crippen LogP contribution in [0.25, 0.3) is 0 Å². The van der Waals surface area contributed by atoms with Crippen molar-refractivity contribution in [3.8, 4) is 0 Å². The average molecular weight is 317 g/mol. The molecule has 16 heavy (non-hydrogen) atoms. The molecule has 0 fully saturated rings. The average Bonchev–Trinajstić information content (AvgIpc) is 2.75. The molecule has 0 aliphatic heterocycles. The molecule has 2 rings (SSSR count). The first-order chi connectivity index (χ1) is 7.70. The van der Waals surface area contributed by atoms with E-state index in [1.807, 2.05) is 35.8 Å². The number of halogens is 2. The van der Waals surface area contributed by atoms with Gasteiger partial charge in [-0.3, -0.25) is 4.98 Å². The molecule has 2 unspecified atom stereocenters. The van der Waals surface area contributed by atoms with Gasteiger partial charge in [-0.25, -0.2) is 0 Å². The molecule has 0 bridgehead atoms. The number of thiophene rings is 1. The van der Waals surface area contributed by atoms with Crippen LogP contribution in [0.1, 0.15) is 28.2 Å². The molecule has 1 nitrogen and oxygen atoms in total. The van der Waals surface area contributed by atoms with E-state index < -0.39 is 0 Å². The Hall–Kier alpha value is -0.380. The number of rotatable bonds is 3. The van der Waals surface area contributed by atoms with E-state index in [1.54, 1.807) is 11.3 Å². The fraction of sp³-hybridized carbons (Fsp3) is 0.250. The lowest BCUT2D eigenvalue weighted by Gasteiger charge is -2.16. The summed E-state index contributed by atoms with van der Waals surface area (Å²) in [7, 11) is 0. The molecule has 2 aromatic rings. The zero-order valence-corrected chi connectivity index (χ0v) is 11.9. The third-order valence-electron chi connectivity index (χ3n) is 2.49. The highest BCUT2D eigenvalue weighted by Gasteiger charge is 2.21. The van der Waals surface area contributed by atoms with Gasteiger partial charge in [0, 0.05) is 22.7 Å². The number of nitrogens with zero attached hydrogens (tertiary/aromatic N) is 1. The molecule has 0 aliphatic carbocycles. The van der Waals surface area contributed by atoms with Crippen LogP contribution in [0.2, 0.25) is 5.02 Å². The summed E-state index contributed by atoms with van der Waals surface area (Å²) in [5.41, 5.74) is 1.08. The van der Waals surface area contributed by atoms with E-state index in [-0.39, 0.29) is 4.83 Å². The second-order valence-electron chi connectivity index (χ2n) is 3.58. The van der Waals surface area contributed by atoms with E-state index in [0.29, 0.717) is 5.92 Å². The van der Waals surface area contributed by atoms with Crippen LogP contribution in [-0.2, 0) is 0 Å². The topological polar surface area (TPSA) is 12.9 Å². The van der Waals surface area contributed by atoms with Crippen LogP contribution in [0.4, 0.5) is 0 Å². The van der Waals surface area contributed by atoms with Crippen LogP contribution in [0.15, 0.2) is 35.8 Å². The first kappa shape index (κ1) is 12.1. The standard InChI is InChI=1S/C12H11BrClNS/c1-8(10-4-2-3-6-15-10)11(13)12-9(14)5-7-16-12/h2-8,11H,1H3. The smallest absolute Gasteiger partial charge is 0.0584 e. The van der Waals surface area contributed by atoms with Crippen molar-refractivity contribution in [1.82, 2.24) is 4.98 Å². The molecule has 84 valence electrons. The number of alkyl halides is 1. The molecule has 0 amide bonds. The second-order valence-corrected chi connectivity index (χ2v) is 5.92. The van der Waals surface area contributed by atoms with Gasteiger partial charge in [0.1, 0.15) is 0 Å². The molecule has 2 atom stereocenters. The Kier molecular flexibility index (Phi) is 4.00. The van der Waals surface area contributed by atoms with Gasteiger partial charge >= 0.3 is 0 Å². The van der Waals surface area contributed by atoms with E-state index >= 15 is 0 Å². The summed E-state index contributed by atoms with van der Waals surface area (Å²) < 4.78 is 0. The minimum absolute atomic E-state index is 0.217. The Labute approximate surface area is 113 Å². The Morgan fingerprint density at radius 1 is 1.38 bits per heavy atom. The maximum Gasteiger partial charge on any atom is 0.0584 e. The summed E-state index contributed by atoms with van der Waals surface area (Å²) in [4.78, 5) is 5.75. The van der Waals surface area contributed by atoms with E-state index in [0.717, 1.165) is 10.7 Å². The largest absolute Gasteiger partial charge is 0.261 e. The molecular formula is C12H11BrClNS. The zero-order valence-electron chi connectivity index (χ0n) is 8.73. The lowest BCUT2D eigenvalue weighted by Crippen LogP contribution is -2.02. The molecule has 0 spiro atoms. The lowest BCUT2D eigenvalue weighted by atomic mass is 10.0. The van der Waals surface area contributed by atoms with Gasteiger partial charge in [0.25, 0.3) is 0 Å². The summed E-state index contributed by atoms with van der Waals surface area (Å²) in [6, 6.07) is 7.91. The van der Waals surface area contributed by atoms with Gasteiger partial charge in [0.05, 0.1) is 9.85 Å². The van der Waals surface area contributed by atoms with Gasteiger partial charge in [-0.15, -0.1) is 11.3 Å². The van der Waals surface area contributed by atoms with Gasteiger partial charge < -0.3 is 0 Å². The predicted molar refractivity (Wildman–Crippen MR) is 73.6 cm³/mol. The third kappa shape index (κ3) is 2.47. The van der Waals surface area contributed by atoms with Crippen LogP contribution in [-0.4, -0.2) is 4.98 Å². The van der Waals surface area contributed by atoms with Gasteiger partial charge in [0.15, 0.2) is 0 Å². The summed E-state index contributed by atoms with van der Waals surface area (Å²) in [5, 5.41) is 2.84. The van der Waals surface area contributed by atoms with Crippen LogP contribution >= 0.6 is 38.9 Å². The first-order valence-corrected chi connectivity index (χ1v) is 7.15. The Morgan fingerprint density at radius 2 is 2.19 bits per heavy atom. The minimum atomic E-state index is 0.217. The maximum absolute atomic E-state index is 6.13. The number of aromatic nitrogens is 1. The van der Waals surface area contributed by atoms with Crippen molar-refractivity contribution in [2.24, 2.45) is 0 Å². The second kappa shape index (κ2) is 5.30. The van der Waals surface area contributed by atoms with Gasteiger partial charge in [-0.2, -0.15) is 0 Å². The predicted octanol–water partition coefficient (Wildman–Crippen LogP) is 5.04. The first-order valence-electron chi connectivity index (χ1n) is 4.98. The van der Waals surface area contributed by atoms with E-state index in [4.69, 9.17) is 11.6 Å². The monoisotopic (exact) mass is 315 g/mol. The normalized spacial score (nSPS) is 14.7. The Bertz CT molecular complexity index is 457. The van der Waals surface area contributed by atoms with Crippen molar-refractivity contribution in [2.75, 3.05) is 0 Å². The van der Waals surface area contributed by atoms with Crippen molar-refractivity contribution in [2.45, 2.75) is 17.7 Å². The highest BCUT2D eigenvalue weighted by molar-refractivity contribution is 9.09. The molecule has 0 aromatic carbocycles. The van der Waals surface area contributed by atoms with Gasteiger partial charge in [-0.1, -0.05) is 40.5 Å².